The van der Waals surface area contributed by atoms with E-state index >= 15 is 0 Å². The largest absolute Gasteiger partial charge is 0.358 e. The maximum atomic E-state index is 6.31. The Morgan fingerprint density at radius 2 is 3.00 bits per heavy atom. The molecule has 0 N–H and O–H groups in total. The molecule has 0 rings (SSSR count). The molecule has 3 heteroatoms. The minimum Gasteiger partial charge on any atom is -0.358 e. The predicted molar refractivity (Wildman–Crippen MR) is 23.3 cm³/mol. The molecule has 0 aliphatic carbocycles. The van der Waals surface area contributed by atoms with E-state index < -0.39 is 9.01 Å². The van der Waals surface area contributed by atoms with Crippen molar-refractivity contribution in [3.63, 3.8) is 0 Å². The summed E-state index contributed by atoms with van der Waals surface area (Å²) in [6.07, 6.45) is 0. The van der Waals surface area contributed by atoms with Gasteiger partial charge in [-0.1, -0.05) is 0 Å². The van der Waals surface area contributed by atoms with Gasteiger partial charge in [0.25, 0.3) is 0 Å². The smallest absolute Gasteiger partial charge is 0.116 e. The topological polar surface area (TPSA) is 0 Å². The second-order valence-electron chi connectivity index (χ2n) is 0. The molecule has 0 aliphatic heterocycles. The summed E-state index contributed by atoms with van der Waals surface area (Å²) in [5.41, 5.74) is 0. The molecule has 4 heavy (non-hydrogen) atoms. The average molecular weight is 297 g/mol. The van der Waals surface area contributed by atoms with Crippen LogP contribution in [0.25, 0.3) is 0 Å². The quantitative estimate of drug-likeness (QED) is 0.367. The van der Waals surface area contributed by atoms with E-state index in [9.17, 15) is 0 Å². The van der Waals surface area contributed by atoms with Gasteiger partial charge in [-0.05, 0) is 1.34 Å². The van der Waals surface area contributed by atoms with Crippen molar-refractivity contribution >= 4 is 16.5 Å². The molecule has 0 heterocycles. The molecule has 0 saturated heterocycles. The molecule has 23 valence electrons. The van der Waals surface area contributed by atoms with Gasteiger partial charge in [0, 0.05) is 42.5 Å². The van der Waals surface area contributed by atoms with Crippen molar-refractivity contribution in [2.75, 3.05) is 0 Å². The molecule has 0 saturated carbocycles. The molecule has 1 unspecified atom stereocenters. The summed E-state index contributed by atoms with van der Waals surface area (Å²) < 4.78 is 18.8. The summed E-state index contributed by atoms with van der Waals surface area (Å²) in [6, 6.07) is 0. The van der Waals surface area contributed by atoms with Crippen molar-refractivity contribution in [2.45, 2.75) is 0 Å². The van der Waals surface area contributed by atoms with E-state index in [0.717, 1.165) is 7.53 Å². The van der Waals surface area contributed by atoms with Crippen molar-refractivity contribution in [3.05, 3.63) is 7.43 Å². The first-order valence-electron chi connectivity index (χ1n) is 1.73. The number of hydrogen-bond donors (Lipinski definition) is 0. The normalized spacial score (nSPS) is 18.5. The van der Waals surface area contributed by atoms with Crippen LogP contribution in [0.2, 0.25) is 0 Å². The van der Waals surface area contributed by atoms with Crippen LogP contribution in [0.4, 0.5) is 0 Å². The van der Waals surface area contributed by atoms with Gasteiger partial charge >= 0.3 is 0 Å². The third kappa shape index (κ3) is 9.17. The van der Waals surface area contributed by atoms with E-state index in [4.69, 9.17) is 3.89 Å². The van der Waals surface area contributed by atoms with Gasteiger partial charge in [0.1, 0.15) is 7.53 Å². The fourth-order valence-corrected chi connectivity index (χ4v) is 0. The third-order valence-electron chi connectivity index (χ3n) is 0. The van der Waals surface area contributed by atoms with Gasteiger partial charge in [-0.2, -0.15) is 9.01 Å². The van der Waals surface area contributed by atoms with Crippen LogP contribution < -0.4 is 0 Å². The summed E-state index contributed by atoms with van der Waals surface area (Å²) in [7, 11) is -0.742. The predicted octanol–water partition coefficient (Wildman–Crippen LogP) is 0.128. The SMILES string of the molecule is [2H]P([3H])[B][3H].[CH3-].[Th]. The molecule has 0 bridgehead atoms. The average Bonchev–Trinajstić information content (AvgIpc) is 1.38. The number of rotatable bonds is 1. The Bertz CT molecular complexity index is 28.9. The fraction of sp³-hybridized carbons (Fsp3) is 0. The third-order valence-corrected chi connectivity index (χ3v) is 0. The van der Waals surface area contributed by atoms with Gasteiger partial charge in [-0.3, -0.25) is 0 Å². The summed E-state index contributed by atoms with van der Waals surface area (Å²) in [5.74, 6) is 0. The molecule has 0 amide bonds. The Balaban J connectivity index is -0.0000000800. The molecule has 0 aromatic carbocycles. The Kier molecular flexibility index (Phi) is 21.2. The zero-order valence-corrected chi connectivity index (χ0v) is 7.53. The Hall–Kier alpha value is 1.82. The van der Waals surface area contributed by atoms with Gasteiger partial charge in [-0.15, -0.1) is 0 Å². The fourth-order valence-electron chi connectivity index (χ4n) is 0. The van der Waals surface area contributed by atoms with Crippen LogP contribution in [0.3, 0.4) is 0 Å². The first kappa shape index (κ1) is 3.99. The number of hydrogen-bond acceptors (Lipinski definition) is 0. The van der Waals surface area contributed by atoms with E-state index in [1.807, 2.05) is 0 Å². The standard InChI is InChI=1S/CH3.BH3P.Th/c;1-2;/h1H3;1H,2H2;/q-1;;/i;1T,2TD;. The van der Waals surface area contributed by atoms with E-state index in [1.165, 1.54) is 0 Å². The van der Waals surface area contributed by atoms with Crippen LogP contribution >= 0.6 is 9.01 Å². The van der Waals surface area contributed by atoms with E-state index in [0.29, 0.717) is 0 Å². The van der Waals surface area contributed by atoms with Crippen LogP contribution in [-0.4, -0.2) is 11.4 Å². The molecule has 1 atom stereocenters. The van der Waals surface area contributed by atoms with Crippen molar-refractivity contribution in [1.82, 2.24) is 0 Å². The van der Waals surface area contributed by atoms with Gasteiger partial charge < -0.3 is 7.43 Å². The summed E-state index contributed by atoms with van der Waals surface area (Å²) >= 11 is 0. The Morgan fingerprint density at radius 3 is 3.00 bits per heavy atom. The van der Waals surface area contributed by atoms with Crippen LogP contribution in [0.5, 0.6) is 0 Å². The molecule has 0 aromatic heterocycles. The van der Waals surface area contributed by atoms with Gasteiger partial charge in [-0.25, -0.2) is 0 Å². The molecule has 0 aliphatic rings. The van der Waals surface area contributed by atoms with E-state index in [2.05, 4.69) is 0 Å². The molecule has 0 nitrogen and oxygen atoms in total. The van der Waals surface area contributed by atoms with Crippen molar-refractivity contribution in [1.29, 1.82) is 3.89 Å². The van der Waals surface area contributed by atoms with E-state index in [-0.39, 0.29) is 47.4 Å². The maximum absolute atomic E-state index is 6.31. The first-order chi connectivity index (χ1) is 2.27. The summed E-state index contributed by atoms with van der Waals surface area (Å²) in [5, 5.41) is 0. The molecule has 0 fully saturated rings. The van der Waals surface area contributed by atoms with Crippen molar-refractivity contribution < 1.29 is 39.9 Å². The first-order valence-corrected chi connectivity index (χ1v) is 0.775. The Labute approximate surface area is 67.3 Å². The second-order valence-corrected chi connectivity index (χ2v) is 0. The molecule has 0 spiro atoms. The molecule has 1 radical (unpaired) electrons. The van der Waals surface area contributed by atoms with Crippen molar-refractivity contribution in [3.8, 4) is 0 Å². The van der Waals surface area contributed by atoms with Crippen LogP contribution in [0.1, 0.15) is 0 Å². The minimum atomic E-state index is -1.56. The van der Waals surface area contributed by atoms with Gasteiger partial charge in [0.15, 0.2) is 0 Å². The van der Waals surface area contributed by atoms with Crippen LogP contribution in [-0.2, 0) is 0 Å². The Morgan fingerprint density at radius 1 is 2.75 bits per heavy atom. The van der Waals surface area contributed by atoms with Crippen LogP contribution in [0.15, 0.2) is 0 Å². The summed E-state index contributed by atoms with van der Waals surface area (Å²) in [6.45, 7) is 0. The minimum absolute atomic E-state index is 0. The summed E-state index contributed by atoms with van der Waals surface area (Å²) in [4.78, 5) is 0. The van der Waals surface area contributed by atoms with Crippen molar-refractivity contribution in [2.24, 2.45) is 0 Å². The van der Waals surface area contributed by atoms with Crippen LogP contribution in [0, 0.1) is 47.4 Å². The van der Waals surface area contributed by atoms with Gasteiger partial charge in [0.05, 0.1) is 0 Å². The second kappa shape index (κ2) is 21.2. The molecule has 0 aromatic rings. The zero-order chi connectivity index (χ0) is 4.28. The molecular weight excluding hydrogens is 286 g/mol. The monoisotopic (exact) mass is 297 g/mol. The molecular formula is CH6BPTh-. The van der Waals surface area contributed by atoms with E-state index in [1.54, 1.807) is 0 Å². The zero-order valence-electron chi connectivity index (χ0n) is 5.52. The van der Waals surface area contributed by atoms with Gasteiger partial charge in [0.2, 0.25) is 0 Å². The maximum Gasteiger partial charge on any atom is 0.116 e.